The van der Waals surface area contributed by atoms with Gasteiger partial charge in [0.05, 0.1) is 15.1 Å². The highest BCUT2D eigenvalue weighted by Crippen LogP contribution is 2.33. The quantitative estimate of drug-likeness (QED) is 0.468. The Bertz CT molecular complexity index is 594. The van der Waals surface area contributed by atoms with E-state index in [9.17, 15) is 14.4 Å². The molecule has 0 aliphatic carbocycles. The van der Waals surface area contributed by atoms with Gasteiger partial charge >= 0.3 is 5.97 Å². The van der Waals surface area contributed by atoms with Crippen molar-refractivity contribution in [2.24, 2.45) is 0 Å². The van der Waals surface area contributed by atoms with E-state index in [1.807, 2.05) is 10.9 Å². The molecule has 0 aliphatic rings. The van der Waals surface area contributed by atoms with E-state index in [1.165, 1.54) is 19.1 Å². The highest BCUT2D eigenvalue weighted by molar-refractivity contribution is 6.43. The van der Waals surface area contributed by atoms with Gasteiger partial charge in [-0.3, -0.25) is 20.4 Å². The summed E-state index contributed by atoms with van der Waals surface area (Å²) in [6, 6.07) is 2.72. The number of nitrogens with one attached hydrogen (secondary N) is 2. The third-order valence-electron chi connectivity index (χ3n) is 2.06. The van der Waals surface area contributed by atoms with Crippen LogP contribution in [-0.4, -0.2) is 31.0 Å². The first-order valence-electron chi connectivity index (χ1n) is 5.78. The van der Waals surface area contributed by atoms with Crippen LogP contribution < -0.4 is 15.6 Å². The van der Waals surface area contributed by atoms with Crippen LogP contribution in [0.5, 0.6) is 5.75 Å². The second-order valence-corrected chi connectivity index (χ2v) is 5.10. The molecule has 0 heterocycles. The van der Waals surface area contributed by atoms with Crippen molar-refractivity contribution in [3.05, 3.63) is 27.2 Å². The van der Waals surface area contributed by atoms with Crippen molar-refractivity contribution in [3.8, 4) is 5.75 Å². The van der Waals surface area contributed by atoms with Crippen molar-refractivity contribution in [3.63, 3.8) is 0 Å². The first-order valence-corrected chi connectivity index (χ1v) is 6.91. The van der Waals surface area contributed by atoms with Gasteiger partial charge in [-0.2, -0.15) is 0 Å². The first kappa shape index (κ1) is 18.3. The Labute approximate surface area is 140 Å². The monoisotopic (exact) mass is 368 g/mol. The Hall–Kier alpha value is -1.70. The molecule has 22 heavy (non-hydrogen) atoms. The van der Waals surface area contributed by atoms with Gasteiger partial charge < -0.3 is 9.47 Å². The van der Waals surface area contributed by atoms with Gasteiger partial charge in [0.15, 0.2) is 13.2 Å². The normalized spacial score (nSPS) is 9.82. The maximum atomic E-state index is 11.4. The number of hydrogen-bond acceptors (Lipinski definition) is 5. The van der Waals surface area contributed by atoms with Crippen LogP contribution in [0, 0.1) is 0 Å². The summed E-state index contributed by atoms with van der Waals surface area (Å²) in [6.45, 7) is 0.157. The maximum absolute atomic E-state index is 11.4. The first-order chi connectivity index (χ1) is 10.3. The number of amides is 2. The predicted molar refractivity (Wildman–Crippen MR) is 79.9 cm³/mol. The molecule has 0 aliphatic heterocycles. The van der Waals surface area contributed by atoms with Gasteiger partial charge in [-0.05, 0) is 6.07 Å². The Kier molecular flexibility index (Phi) is 7.23. The Morgan fingerprint density at radius 2 is 1.64 bits per heavy atom. The summed E-state index contributed by atoms with van der Waals surface area (Å²) in [6.07, 6.45) is 0. The fourth-order valence-corrected chi connectivity index (χ4v) is 1.72. The third kappa shape index (κ3) is 6.38. The van der Waals surface area contributed by atoms with Crippen molar-refractivity contribution < 1.29 is 23.9 Å². The number of esters is 1. The lowest BCUT2D eigenvalue weighted by Crippen LogP contribution is -2.42. The van der Waals surface area contributed by atoms with Crippen LogP contribution in [0.1, 0.15) is 6.92 Å². The molecule has 0 fully saturated rings. The second-order valence-electron chi connectivity index (χ2n) is 3.88. The van der Waals surface area contributed by atoms with Crippen LogP contribution in [0.3, 0.4) is 0 Å². The Morgan fingerprint density at radius 3 is 2.27 bits per heavy atom. The van der Waals surface area contributed by atoms with Gasteiger partial charge in [0, 0.05) is 13.0 Å². The van der Waals surface area contributed by atoms with E-state index < -0.39 is 31.0 Å². The number of rotatable bonds is 5. The average molecular weight is 370 g/mol. The zero-order valence-corrected chi connectivity index (χ0v) is 13.5. The number of hydrazine groups is 1. The van der Waals surface area contributed by atoms with Crippen molar-refractivity contribution in [1.29, 1.82) is 0 Å². The summed E-state index contributed by atoms with van der Waals surface area (Å²) in [7, 11) is 0. The lowest BCUT2D eigenvalue weighted by Gasteiger charge is -2.09. The minimum Gasteiger partial charge on any atom is -0.480 e. The number of carbonyl (C=O) groups is 3. The van der Waals surface area contributed by atoms with Gasteiger partial charge in [-0.25, -0.2) is 4.79 Å². The van der Waals surface area contributed by atoms with Gasteiger partial charge in [-0.1, -0.05) is 34.8 Å². The van der Waals surface area contributed by atoms with E-state index in [0.717, 1.165) is 0 Å². The van der Waals surface area contributed by atoms with Crippen LogP contribution >= 0.6 is 34.8 Å². The van der Waals surface area contributed by atoms with Crippen LogP contribution in [0.2, 0.25) is 15.1 Å². The van der Waals surface area contributed by atoms with Crippen molar-refractivity contribution >= 4 is 52.6 Å². The summed E-state index contributed by atoms with van der Waals surface area (Å²) in [5, 5.41) is 0.631. The standard InChI is InChI=1S/C12H11Cl3N2O5/c1-6(18)16-17-11(19)4-22-12(20)5-21-10-3-8(14)7(13)2-9(10)15/h2-3H,4-5H2,1H3,(H,16,18)(H,17,19). The molecule has 120 valence electrons. The van der Waals surface area contributed by atoms with Crippen molar-refractivity contribution in [2.45, 2.75) is 6.92 Å². The molecule has 0 saturated heterocycles. The number of ether oxygens (including phenoxy) is 2. The molecule has 0 unspecified atom stereocenters. The molecule has 0 saturated carbocycles. The van der Waals surface area contributed by atoms with Crippen LogP contribution in [-0.2, 0) is 19.1 Å². The SMILES string of the molecule is CC(=O)NNC(=O)COC(=O)COc1cc(Cl)c(Cl)cc1Cl. The molecular weight excluding hydrogens is 358 g/mol. The molecule has 0 atom stereocenters. The van der Waals surface area contributed by atoms with E-state index in [4.69, 9.17) is 39.5 Å². The minimum absolute atomic E-state index is 0.149. The largest absolute Gasteiger partial charge is 0.480 e. The lowest BCUT2D eigenvalue weighted by atomic mass is 10.3. The molecule has 7 nitrogen and oxygen atoms in total. The minimum atomic E-state index is -0.805. The van der Waals surface area contributed by atoms with E-state index in [1.54, 1.807) is 0 Å². The van der Waals surface area contributed by atoms with Crippen LogP contribution in [0.15, 0.2) is 12.1 Å². The Balaban J connectivity index is 2.39. The van der Waals surface area contributed by atoms with Crippen molar-refractivity contribution in [1.82, 2.24) is 10.9 Å². The molecule has 0 aromatic heterocycles. The number of benzene rings is 1. The predicted octanol–water partition coefficient (Wildman–Crippen LogP) is 1.74. The molecule has 2 N–H and O–H groups in total. The molecule has 1 aromatic carbocycles. The molecule has 0 bridgehead atoms. The molecule has 0 radical (unpaired) electrons. The van der Waals surface area contributed by atoms with E-state index in [0.29, 0.717) is 0 Å². The zero-order chi connectivity index (χ0) is 16.7. The fourth-order valence-electron chi connectivity index (χ4n) is 1.13. The fraction of sp³-hybridized carbons (Fsp3) is 0.250. The van der Waals surface area contributed by atoms with Gasteiger partial charge in [0.2, 0.25) is 5.91 Å². The average Bonchev–Trinajstić information content (AvgIpc) is 2.45. The van der Waals surface area contributed by atoms with Gasteiger partial charge in [0.25, 0.3) is 5.91 Å². The molecular formula is C12H11Cl3N2O5. The molecule has 10 heteroatoms. The number of halogens is 3. The highest BCUT2D eigenvalue weighted by atomic mass is 35.5. The summed E-state index contributed by atoms with van der Waals surface area (Å²) in [5.74, 6) is -1.82. The smallest absolute Gasteiger partial charge is 0.344 e. The lowest BCUT2D eigenvalue weighted by molar-refractivity contribution is -0.150. The third-order valence-corrected chi connectivity index (χ3v) is 3.08. The van der Waals surface area contributed by atoms with Crippen LogP contribution in [0.25, 0.3) is 0 Å². The zero-order valence-electron chi connectivity index (χ0n) is 11.2. The van der Waals surface area contributed by atoms with Gasteiger partial charge in [-0.15, -0.1) is 0 Å². The summed E-state index contributed by atoms with van der Waals surface area (Å²) in [4.78, 5) is 33.1. The molecule has 0 spiro atoms. The highest BCUT2D eigenvalue weighted by Gasteiger charge is 2.11. The Morgan fingerprint density at radius 1 is 1.00 bits per heavy atom. The molecule has 1 rings (SSSR count). The van der Waals surface area contributed by atoms with Crippen molar-refractivity contribution in [2.75, 3.05) is 13.2 Å². The van der Waals surface area contributed by atoms with E-state index in [2.05, 4.69) is 4.74 Å². The number of hydrogen-bond donors (Lipinski definition) is 2. The van der Waals surface area contributed by atoms with E-state index in [-0.39, 0.29) is 20.8 Å². The topological polar surface area (TPSA) is 93.7 Å². The summed E-state index contributed by atoms with van der Waals surface area (Å²) >= 11 is 17.4. The van der Waals surface area contributed by atoms with E-state index >= 15 is 0 Å². The maximum Gasteiger partial charge on any atom is 0.344 e. The van der Waals surface area contributed by atoms with Gasteiger partial charge in [0.1, 0.15) is 5.75 Å². The molecule has 1 aromatic rings. The molecule has 2 amide bonds. The summed E-state index contributed by atoms with van der Waals surface area (Å²) < 4.78 is 9.74. The summed E-state index contributed by atoms with van der Waals surface area (Å²) in [5.41, 5.74) is 4.06. The second kappa shape index (κ2) is 8.67. The number of carbonyl (C=O) groups excluding carboxylic acids is 3. The van der Waals surface area contributed by atoms with Crippen LogP contribution in [0.4, 0.5) is 0 Å².